The largest absolute Gasteiger partial charge is 0.381 e. The number of hydrogen-bond donors (Lipinski definition) is 2. The first-order valence-electron chi connectivity index (χ1n) is 8.20. The zero-order chi connectivity index (χ0) is 19.6. The van der Waals surface area contributed by atoms with Crippen LogP contribution in [0, 0.1) is 5.92 Å². The van der Waals surface area contributed by atoms with E-state index in [1.165, 1.54) is 12.1 Å². The highest BCUT2D eigenvalue weighted by Crippen LogP contribution is 2.30. The second-order valence-electron chi connectivity index (χ2n) is 6.21. The summed E-state index contributed by atoms with van der Waals surface area (Å²) in [7, 11) is -3.87. The maximum Gasteiger partial charge on any atom is 0.279 e. The van der Waals surface area contributed by atoms with Crippen molar-refractivity contribution in [1.82, 2.24) is 5.23 Å². The van der Waals surface area contributed by atoms with Gasteiger partial charge in [-0.25, -0.2) is 8.42 Å². The van der Waals surface area contributed by atoms with Crippen molar-refractivity contribution < 1.29 is 28.4 Å². The molecule has 2 N–H and O–H groups in total. The molecule has 2 unspecified atom stereocenters. The van der Waals surface area contributed by atoms with Crippen molar-refractivity contribution in [2.45, 2.75) is 16.6 Å². The summed E-state index contributed by atoms with van der Waals surface area (Å²) in [6, 6.07) is 13.5. The quantitative estimate of drug-likeness (QED) is 0.592. The molecule has 1 aliphatic rings. The lowest BCUT2D eigenvalue weighted by Crippen LogP contribution is -2.46. The van der Waals surface area contributed by atoms with E-state index in [1.54, 1.807) is 24.3 Å². The molecule has 1 fully saturated rings. The second kappa shape index (κ2) is 7.95. The molecule has 1 amide bonds. The molecule has 0 aromatic heterocycles. The molecule has 0 aliphatic carbocycles. The predicted octanol–water partition coefficient (Wildman–Crippen LogP) is 2.79. The SMILES string of the molecule is O=C(C1COCCC1S(=O)(=O)c1ccc(-c2ccc(Cl)cc2)cc1)N(O)O. The van der Waals surface area contributed by atoms with Crippen LogP contribution in [0.3, 0.4) is 0 Å². The number of benzene rings is 2. The van der Waals surface area contributed by atoms with Gasteiger partial charge in [0.15, 0.2) is 9.84 Å². The normalized spacial score (nSPS) is 20.3. The number of ether oxygens (including phenoxy) is 1. The van der Waals surface area contributed by atoms with Crippen molar-refractivity contribution in [2.24, 2.45) is 5.92 Å². The highest BCUT2D eigenvalue weighted by molar-refractivity contribution is 7.92. The van der Waals surface area contributed by atoms with Crippen LogP contribution in [0.5, 0.6) is 0 Å². The Morgan fingerprint density at radius 2 is 1.59 bits per heavy atom. The Balaban J connectivity index is 1.89. The number of hydrogen-bond acceptors (Lipinski definition) is 6. The number of hydroxylamine groups is 2. The molecule has 144 valence electrons. The maximum absolute atomic E-state index is 13.0. The summed E-state index contributed by atoms with van der Waals surface area (Å²) < 4.78 is 31.2. The Bertz CT molecular complexity index is 912. The van der Waals surface area contributed by atoms with Crippen LogP contribution in [0.2, 0.25) is 5.02 Å². The van der Waals surface area contributed by atoms with Gasteiger partial charge in [0.1, 0.15) is 0 Å². The van der Waals surface area contributed by atoms with E-state index in [-0.39, 0.29) is 24.5 Å². The van der Waals surface area contributed by atoms with Crippen molar-refractivity contribution >= 4 is 27.3 Å². The highest BCUT2D eigenvalue weighted by atomic mass is 35.5. The molecule has 3 rings (SSSR count). The third-order valence-corrected chi connectivity index (χ3v) is 7.11. The summed E-state index contributed by atoms with van der Waals surface area (Å²) >= 11 is 5.88. The van der Waals surface area contributed by atoms with E-state index in [1.807, 2.05) is 12.1 Å². The van der Waals surface area contributed by atoms with E-state index in [9.17, 15) is 13.2 Å². The van der Waals surface area contributed by atoms with Gasteiger partial charge in [0, 0.05) is 11.6 Å². The summed E-state index contributed by atoms with van der Waals surface area (Å²) in [6.07, 6.45) is 0.0888. The van der Waals surface area contributed by atoms with Crippen LogP contribution >= 0.6 is 11.6 Å². The zero-order valence-corrected chi connectivity index (χ0v) is 15.7. The molecular formula is C18H18ClNO6S. The lowest BCUT2D eigenvalue weighted by atomic mass is 10.0. The van der Waals surface area contributed by atoms with Gasteiger partial charge in [0.2, 0.25) is 0 Å². The van der Waals surface area contributed by atoms with Gasteiger partial charge in [-0.3, -0.25) is 15.2 Å². The van der Waals surface area contributed by atoms with Crippen molar-refractivity contribution in [3.05, 3.63) is 53.6 Å². The van der Waals surface area contributed by atoms with Crippen LogP contribution in [0.4, 0.5) is 0 Å². The van der Waals surface area contributed by atoms with E-state index < -0.39 is 32.1 Å². The second-order valence-corrected chi connectivity index (χ2v) is 8.82. The molecular weight excluding hydrogens is 394 g/mol. The summed E-state index contributed by atoms with van der Waals surface area (Å²) in [4.78, 5) is 12.0. The fourth-order valence-electron chi connectivity index (χ4n) is 3.12. The van der Waals surface area contributed by atoms with Crippen molar-refractivity contribution in [3.8, 4) is 11.1 Å². The lowest BCUT2D eigenvalue weighted by molar-refractivity contribution is -0.289. The first-order valence-corrected chi connectivity index (χ1v) is 10.1. The van der Waals surface area contributed by atoms with Gasteiger partial charge in [-0.2, -0.15) is 0 Å². The summed E-state index contributed by atoms with van der Waals surface area (Å²) in [5.74, 6) is -2.30. The fraction of sp³-hybridized carbons (Fsp3) is 0.278. The smallest absolute Gasteiger partial charge is 0.279 e. The Labute approximate surface area is 161 Å². The molecule has 2 aromatic rings. The first-order chi connectivity index (χ1) is 12.8. The number of sulfone groups is 1. The van der Waals surface area contributed by atoms with Crippen LogP contribution < -0.4 is 0 Å². The van der Waals surface area contributed by atoms with Gasteiger partial charge in [-0.1, -0.05) is 41.1 Å². The van der Waals surface area contributed by atoms with Gasteiger partial charge in [-0.05, 0) is 41.8 Å². The monoisotopic (exact) mass is 411 g/mol. The Kier molecular flexibility index (Phi) is 5.83. The highest BCUT2D eigenvalue weighted by Gasteiger charge is 2.42. The zero-order valence-electron chi connectivity index (χ0n) is 14.2. The van der Waals surface area contributed by atoms with E-state index in [0.29, 0.717) is 5.02 Å². The third-order valence-electron chi connectivity index (χ3n) is 4.57. The first kappa shape index (κ1) is 19.8. The van der Waals surface area contributed by atoms with E-state index >= 15 is 0 Å². The molecule has 2 atom stereocenters. The Morgan fingerprint density at radius 3 is 2.15 bits per heavy atom. The summed E-state index contributed by atoms with van der Waals surface area (Å²) in [5, 5.41) is 16.9. The van der Waals surface area contributed by atoms with E-state index in [2.05, 4.69) is 0 Å². The molecule has 7 nitrogen and oxygen atoms in total. The topological polar surface area (TPSA) is 104 Å². The van der Waals surface area contributed by atoms with Crippen LogP contribution in [0.25, 0.3) is 11.1 Å². The number of carbonyl (C=O) groups excluding carboxylic acids is 1. The predicted molar refractivity (Wildman–Crippen MR) is 97.2 cm³/mol. The minimum Gasteiger partial charge on any atom is -0.381 e. The van der Waals surface area contributed by atoms with E-state index in [0.717, 1.165) is 11.1 Å². The van der Waals surface area contributed by atoms with Gasteiger partial charge in [0.05, 0.1) is 22.7 Å². The average Bonchev–Trinajstić information content (AvgIpc) is 2.68. The molecule has 0 saturated carbocycles. The fourth-order valence-corrected chi connectivity index (χ4v) is 5.15. The van der Waals surface area contributed by atoms with Crippen molar-refractivity contribution in [1.29, 1.82) is 0 Å². The molecule has 2 aromatic carbocycles. The molecule has 9 heteroatoms. The Morgan fingerprint density at radius 1 is 1.04 bits per heavy atom. The molecule has 1 aliphatic heterocycles. The molecule has 1 saturated heterocycles. The van der Waals surface area contributed by atoms with Crippen molar-refractivity contribution in [2.75, 3.05) is 13.2 Å². The number of rotatable bonds is 4. The number of amides is 1. The third kappa shape index (κ3) is 4.15. The van der Waals surface area contributed by atoms with Crippen LogP contribution in [-0.2, 0) is 19.4 Å². The number of carbonyl (C=O) groups is 1. The number of nitrogens with zero attached hydrogens (tertiary/aromatic N) is 1. The lowest BCUT2D eigenvalue weighted by Gasteiger charge is -2.30. The molecule has 0 bridgehead atoms. The van der Waals surface area contributed by atoms with Crippen LogP contribution in [0.1, 0.15) is 6.42 Å². The summed E-state index contributed by atoms with van der Waals surface area (Å²) in [6.45, 7) is -0.0173. The van der Waals surface area contributed by atoms with Gasteiger partial charge < -0.3 is 4.74 Å². The van der Waals surface area contributed by atoms with Gasteiger partial charge in [0.25, 0.3) is 5.91 Å². The maximum atomic E-state index is 13.0. The van der Waals surface area contributed by atoms with Crippen molar-refractivity contribution in [3.63, 3.8) is 0 Å². The minimum absolute atomic E-state index is 0.0624. The average molecular weight is 412 g/mol. The van der Waals surface area contributed by atoms with Crippen LogP contribution in [0.15, 0.2) is 53.4 Å². The van der Waals surface area contributed by atoms with Crippen LogP contribution in [-0.4, -0.2) is 48.4 Å². The molecule has 27 heavy (non-hydrogen) atoms. The molecule has 0 spiro atoms. The molecule has 1 heterocycles. The standard InChI is InChI=1S/C18H18ClNO6S/c19-14-5-1-12(2-6-14)13-3-7-15(8-4-13)27(24,25)17-9-10-26-11-16(17)18(21)20(22)23/h1-8,16-17,22-23H,9-11H2. The van der Waals surface area contributed by atoms with Gasteiger partial charge >= 0.3 is 0 Å². The molecule has 0 radical (unpaired) electrons. The van der Waals surface area contributed by atoms with E-state index in [4.69, 9.17) is 26.8 Å². The Hall–Kier alpha value is -1.97. The minimum atomic E-state index is -3.87. The number of halogens is 1. The van der Waals surface area contributed by atoms with Gasteiger partial charge in [-0.15, -0.1) is 0 Å². The summed E-state index contributed by atoms with van der Waals surface area (Å²) in [5.41, 5.74) is 1.71.